The molecule has 0 radical (unpaired) electrons. The van der Waals surface area contributed by atoms with E-state index in [-0.39, 0.29) is 18.1 Å². The third kappa shape index (κ3) is 2.35. The van der Waals surface area contributed by atoms with Gasteiger partial charge < -0.3 is 15.2 Å². The Morgan fingerprint density at radius 3 is 2.62 bits per heavy atom. The molecule has 0 aromatic heterocycles. The maximum absolute atomic E-state index is 11.7. The van der Waals surface area contributed by atoms with Gasteiger partial charge in [0.05, 0.1) is 5.92 Å². The van der Waals surface area contributed by atoms with Crippen molar-refractivity contribution < 1.29 is 19.4 Å². The fourth-order valence-electron chi connectivity index (χ4n) is 2.49. The van der Waals surface area contributed by atoms with Gasteiger partial charge in [0, 0.05) is 12.6 Å². The predicted octanol–water partition coefficient (Wildman–Crippen LogP) is 0.535. The normalized spacial score (nSPS) is 33.9. The molecule has 2 N–H and O–H groups in total. The maximum atomic E-state index is 11.7. The van der Waals surface area contributed by atoms with Crippen molar-refractivity contribution in [1.82, 2.24) is 5.32 Å². The molecule has 3 atom stereocenters. The average Bonchev–Trinajstić information content (AvgIpc) is 2.86. The van der Waals surface area contributed by atoms with E-state index in [0.717, 1.165) is 25.7 Å². The van der Waals surface area contributed by atoms with Crippen molar-refractivity contribution in [2.24, 2.45) is 5.92 Å². The van der Waals surface area contributed by atoms with Crippen LogP contribution >= 0.6 is 0 Å². The number of aliphatic carboxylic acids is 1. The zero-order valence-electron chi connectivity index (χ0n) is 9.15. The second-order valence-corrected chi connectivity index (χ2v) is 4.49. The van der Waals surface area contributed by atoms with E-state index in [1.807, 2.05) is 0 Å². The van der Waals surface area contributed by atoms with Crippen LogP contribution in [0.1, 0.15) is 32.1 Å². The van der Waals surface area contributed by atoms with Crippen LogP contribution in [-0.2, 0) is 14.3 Å². The third-order valence-corrected chi connectivity index (χ3v) is 3.38. The monoisotopic (exact) mass is 227 g/mol. The van der Waals surface area contributed by atoms with Crippen molar-refractivity contribution in [3.8, 4) is 0 Å². The molecule has 1 heterocycles. The number of carboxylic acids is 1. The number of amides is 1. The van der Waals surface area contributed by atoms with Crippen LogP contribution in [-0.4, -0.2) is 35.7 Å². The van der Waals surface area contributed by atoms with E-state index in [1.165, 1.54) is 0 Å². The molecule has 1 saturated carbocycles. The van der Waals surface area contributed by atoms with Gasteiger partial charge in [-0.25, -0.2) is 0 Å². The number of carboxylic acid groups (broad SMARTS) is 1. The van der Waals surface area contributed by atoms with Crippen LogP contribution < -0.4 is 5.32 Å². The zero-order chi connectivity index (χ0) is 11.5. The van der Waals surface area contributed by atoms with Gasteiger partial charge in [0.15, 0.2) is 0 Å². The van der Waals surface area contributed by atoms with Gasteiger partial charge in [-0.15, -0.1) is 0 Å². The molecule has 90 valence electrons. The molecule has 5 heteroatoms. The van der Waals surface area contributed by atoms with Gasteiger partial charge in [0.1, 0.15) is 6.10 Å². The highest BCUT2D eigenvalue weighted by molar-refractivity contribution is 5.82. The van der Waals surface area contributed by atoms with Crippen molar-refractivity contribution in [2.45, 2.75) is 44.2 Å². The average molecular weight is 227 g/mol. The fourth-order valence-corrected chi connectivity index (χ4v) is 2.49. The van der Waals surface area contributed by atoms with Crippen LogP contribution in [0.2, 0.25) is 0 Å². The second-order valence-electron chi connectivity index (χ2n) is 4.49. The zero-order valence-corrected chi connectivity index (χ0v) is 9.15. The molecule has 2 rings (SSSR count). The van der Waals surface area contributed by atoms with Crippen LogP contribution in [0.4, 0.5) is 0 Å². The lowest BCUT2D eigenvalue weighted by Crippen LogP contribution is -2.44. The summed E-state index contributed by atoms with van der Waals surface area (Å²) in [4.78, 5) is 22.7. The summed E-state index contributed by atoms with van der Waals surface area (Å²) in [6, 6.07) is -0.214. The fraction of sp³-hybridized carbons (Fsp3) is 0.818. The summed E-state index contributed by atoms with van der Waals surface area (Å²) in [5.74, 6) is -1.38. The molecule has 1 aliphatic heterocycles. The third-order valence-electron chi connectivity index (χ3n) is 3.38. The van der Waals surface area contributed by atoms with Crippen LogP contribution in [0.3, 0.4) is 0 Å². The first-order chi connectivity index (χ1) is 7.68. The van der Waals surface area contributed by atoms with Crippen LogP contribution in [0.25, 0.3) is 0 Å². The van der Waals surface area contributed by atoms with Crippen molar-refractivity contribution in [3.05, 3.63) is 0 Å². The van der Waals surface area contributed by atoms with E-state index < -0.39 is 11.9 Å². The van der Waals surface area contributed by atoms with Crippen molar-refractivity contribution in [3.63, 3.8) is 0 Å². The molecular weight excluding hydrogens is 210 g/mol. The maximum Gasteiger partial charge on any atom is 0.308 e. The Labute approximate surface area is 94.2 Å². The Kier molecular flexibility index (Phi) is 3.43. The summed E-state index contributed by atoms with van der Waals surface area (Å²) >= 11 is 0. The standard InChI is InChI=1S/C11H17NO4/c13-10(9-5-2-6-16-9)12-8-4-1-3-7(8)11(14)15/h7-9H,1-6H2,(H,12,13)(H,14,15)/t7?,8?,9-/m0/s1. The number of hydrogen-bond donors (Lipinski definition) is 2. The number of carbonyl (C=O) groups excluding carboxylic acids is 1. The van der Waals surface area contributed by atoms with Gasteiger partial charge in [0.25, 0.3) is 0 Å². The summed E-state index contributed by atoms with van der Waals surface area (Å²) in [6.45, 7) is 0.630. The van der Waals surface area contributed by atoms with E-state index in [1.54, 1.807) is 0 Å². The van der Waals surface area contributed by atoms with Crippen molar-refractivity contribution in [2.75, 3.05) is 6.61 Å². The van der Waals surface area contributed by atoms with Gasteiger partial charge in [-0.3, -0.25) is 9.59 Å². The minimum atomic E-state index is -0.810. The lowest BCUT2D eigenvalue weighted by molar-refractivity contribution is -0.142. The van der Waals surface area contributed by atoms with E-state index >= 15 is 0 Å². The van der Waals surface area contributed by atoms with Crippen molar-refractivity contribution in [1.29, 1.82) is 0 Å². The topological polar surface area (TPSA) is 75.6 Å². The van der Waals surface area contributed by atoms with E-state index in [9.17, 15) is 9.59 Å². The Morgan fingerprint density at radius 1 is 1.19 bits per heavy atom. The highest BCUT2D eigenvalue weighted by Crippen LogP contribution is 2.26. The second kappa shape index (κ2) is 4.82. The van der Waals surface area contributed by atoms with Crippen LogP contribution in [0, 0.1) is 5.92 Å². The molecule has 2 fully saturated rings. The Bertz CT molecular complexity index is 286. The largest absolute Gasteiger partial charge is 0.481 e. The molecule has 1 saturated heterocycles. The molecule has 2 unspecified atom stereocenters. The lowest BCUT2D eigenvalue weighted by atomic mass is 10.0. The van der Waals surface area contributed by atoms with Crippen molar-refractivity contribution >= 4 is 11.9 Å². The quantitative estimate of drug-likeness (QED) is 0.737. The summed E-state index contributed by atoms with van der Waals surface area (Å²) in [5.41, 5.74) is 0. The first-order valence-electron chi connectivity index (χ1n) is 5.83. The van der Waals surface area contributed by atoms with Crippen LogP contribution in [0.15, 0.2) is 0 Å². The van der Waals surface area contributed by atoms with E-state index in [4.69, 9.17) is 9.84 Å². The molecule has 0 aromatic rings. The smallest absolute Gasteiger partial charge is 0.308 e. The number of hydrogen-bond acceptors (Lipinski definition) is 3. The molecule has 5 nitrogen and oxygen atoms in total. The minimum absolute atomic E-state index is 0.143. The van der Waals surface area contributed by atoms with Crippen LogP contribution in [0.5, 0.6) is 0 Å². The Hall–Kier alpha value is -1.10. The molecule has 1 amide bonds. The highest BCUT2D eigenvalue weighted by atomic mass is 16.5. The van der Waals surface area contributed by atoms with Gasteiger partial charge in [-0.2, -0.15) is 0 Å². The molecule has 0 bridgehead atoms. The van der Waals surface area contributed by atoms with Gasteiger partial charge in [-0.05, 0) is 25.7 Å². The molecule has 2 aliphatic rings. The van der Waals surface area contributed by atoms with Gasteiger partial charge >= 0.3 is 5.97 Å². The summed E-state index contributed by atoms with van der Waals surface area (Å²) in [5, 5.41) is 11.8. The van der Waals surface area contributed by atoms with Gasteiger partial charge in [-0.1, -0.05) is 6.42 Å². The summed E-state index contributed by atoms with van der Waals surface area (Å²) in [7, 11) is 0. The molecule has 16 heavy (non-hydrogen) atoms. The predicted molar refractivity (Wildman–Crippen MR) is 55.9 cm³/mol. The molecule has 0 spiro atoms. The number of nitrogens with one attached hydrogen (secondary N) is 1. The lowest BCUT2D eigenvalue weighted by Gasteiger charge is -2.19. The summed E-state index contributed by atoms with van der Waals surface area (Å²) < 4.78 is 5.26. The highest BCUT2D eigenvalue weighted by Gasteiger charge is 2.35. The Balaban J connectivity index is 1.88. The molecule has 1 aliphatic carbocycles. The van der Waals surface area contributed by atoms with E-state index in [0.29, 0.717) is 13.0 Å². The first-order valence-corrected chi connectivity index (χ1v) is 5.83. The van der Waals surface area contributed by atoms with Gasteiger partial charge in [0.2, 0.25) is 5.91 Å². The Morgan fingerprint density at radius 2 is 2.00 bits per heavy atom. The first kappa shape index (κ1) is 11.4. The SMILES string of the molecule is O=C(O)C1CCCC1NC(=O)[C@@H]1CCCO1. The molecular formula is C11H17NO4. The number of ether oxygens (including phenoxy) is 1. The summed E-state index contributed by atoms with van der Waals surface area (Å²) in [6.07, 6.45) is 3.57. The number of carbonyl (C=O) groups is 2. The van der Waals surface area contributed by atoms with E-state index in [2.05, 4.69) is 5.32 Å². The number of rotatable bonds is 3. The molecule has 0 aromatic carbocycles. The minimum Gasteiger partial charge on any atom is -0.481 e.